The number of ether oxygens (including phenoxy) is 2. The van der Waals surface area contributed by atoms with Crippen LogP contribution in [0.4, 0.5) is 4.39 Å². The van der Waals surface area contributed by atoms with E-state index in [1.54, 1.807) is 12.1 Å². The molecule has 3 rings (SSSR count). The Balaban J connectivity index is 2.12. The number of rotatable bonds is 1. The summed E-state index contributed by atoms with van der Waals surface area (Å²) in [5.41, 5.74) is -1.70. The van der Waals surface area contributed by atoms with E-state index >= 15 is 0 Å². The molecule has 20 heavy (non-hydrogen) atoms. The van der Waals surface area contributed by atoms with Gasteiger partial charge in [-0.05, 0) is 17.7 Å². The van der Waals surface area contributed by atoms with E-state index in [1.165, 1.54) is 12.1 Å². The molecule has 0 atom stereocenters. The standard InChI is InChI=1S/C16H21FO3/c1-13(2)15(18,11-5-7-12(17)8-6-11)14(3,4)16(13)19-9-10-20-16/h5-8,18H,9-10H2,1-4H3. The van der Waals surface area contributed by atoms with Crippen LogP contribution in [0, 0.1) is 16.6 Å². The van der Waals surface area contributed by atoms with Gasteiger partial charge in [0.05, 0.1) is 24.0 Å². The molecule has 0 amide bonds. The maximum atomic E-state index is 13.1. The van der Waals surface area contributed by atoms with E-state index in [-0.39, 0.29) is 5.82 Å². The van der Waals surface area contributed by atoms with E-state index in [9.17, 15) is 9.50 Å². The van der Waals surface area contributed by atoms with Crippen molar-refractivity contribution in [3.05, 3.63) is 35.6 Å². The Labute approximate surface area is 118 Å². The first-order valence-electron chi connectivity index (χ1n) is 6.97. The SMILES string of the molecule is CC1(C)C2(OCCO2)C(C)(C)C1(O)c1ccc(F)cc1. The van der Waals surface area contributed by atoms with Crippen molar-refractivity contribution in [1.82, 2.24) is 0 Å². The highest BCUT2D eigenvalue weighted by atomic mass is 19.1. The zero-order chi connectivity index (χ0) is 14.8. The Kier molecular flexibility index (Phi) is 2.67. The lowest BCUT2D eigenvalue weighted by Gasteiger charge is -2.73. The average Bonchev–Trinajstić information content (AvgIpc) is 2.90. The quantitative estimate of drug-likeness (QED) is 0.859. The molecule has 3 nitrogen and oxygen atoms in total. The summed E-state index contributed by atoms with van der Waals surface area (Å²) >= 11 is 0. The number of hydrogen-bond acceptors (Lipinski definition) is 3. The van der Waals surface area contributed by atoms with E-state index < -0.39 is 22.2 Å². The van der Waals surface area contributed by atoms with Crippen LogP contribution < -0.4 is 0 Å². The third kappa shape index (κ3) is 1.21. The smallest absolute Gasteiger partial charge is 0.184 e. The molecule has 1 saturated carbocycles. The van der Waals surface area contributed by atoms with Gasteiger partial charge in [0.25, 0.3) is 0 Å². The topological polar surface area (TPSA) is 38.7 Å². The van der Waals surface area contributed by atoms with Gasteiger partial charge in [-0.1, -0.05) is 39.8 Å². The highest BCUT2D eigenvalue weighted by Gasteiger charge is 2.83. The number of benzene rings is 1. The van der Waals surface area contributed by atoms with Crippen molar-refractivity contribution in [3.63, 3.8) is 0 Å². The Hall–Kier alpha value is -0.970. The Bertz CT molecular complexity index is 509. The van der Waals surface area contributed by atoms with E-state index in [2.05, 4.69) is 0 Å². The molecule has 4 heteroatoms. The van der Waals surface area contributed by atoms with E-state index in [0.717, 1.165) is 0 Å². The number of halogens is 1. The summed E-state index contributed by atoms with van der Waals surface area (Å²) in [6.07, 6.45) is 0. The summed E-state index contributed by atoms with van der Waals surface area (Å²) in [4.78, 5) is 0. The van der Waals surface area contributed by atoms with Crippen LogP contribution in [0.1, 0.15) is 33.3 Å². The molecule has 1 heterocycles. The van der Waals surface area contributed by atoms with Crippen molar-refractivity contribution in [3.8, 4) is 0 Å². The third-order valence-electron chi connectivity index (χ3n) is 5.41. The maximum Gasteiger partial charge on any atom is 0.184 e. The van der Waals surface area contributed by atoms with Crippen LogP contribution in [0.2, 0.25) is 0 Å². The van der Waals surface area contributed by atoms with Gasteiger partial charge in [-0.25, -0.2) is 4.39 Å². The van der Waals surface area contributed by atoms with Crippen molar-refractivity contribution in [1.29, 1.82) is 0 Å². The first kappa shape index (κ1) is 14.0. The summed E-state index contributed by atoms with van der Waals surface area (Å²) in [5, 5.41) is 11.4. The van der Waals surface area contributed by atoms with Crippen LogP contribution in [0.5, 0.6) is 0 Å². The lowest BCUT2D eigenvalue weighted by atomic mass is 9.38. The van der Waals surface area contributed by atoms with Crippen molar-refractivity contribution in [2.75, 3.05) is 13.2 Å². The van der Waals surface area contributed by atoms with Crippen LogP contribution in [-0.4, -0.2) is 24.1 Å². The predicted molar refractivity (Wildman–Crippen MR) is 72.5 cm³/mol. The fraction of sp³-hybridized carbons (Fsp3) is 0.625. The minimum atomic E-state index is -1.14. The third-order valence-corrected chi connectivity index (χ3v) is 5.41. The van der Waals surface area contributed by atoms with Gasteiger partial charge in [0.1, 0.15) is 11.4 Å². The molecular weight excluding hydrogens is 259 g/mol. The molecule has 1 saturated heterocycles. The van der Waals surface area contributed by atoms with Crippen LogP contribution >= 0.6 is 0 Å². The van der Waals surface area contributed by atoms with Crippen LogP contribution in [0.3, 0.4) is 0 Å². The predicted octanol–water partition coefficient (Wildman–Crippen LogP) is 2.82. The molecule has 1 N–H and O–H groups in total. The molecule has 1 aromatic rings. The van der Waals surface area contributed by atoms with Gasteiger partial charge in [-0.3, -0.25) is 0 Å². The fourth-order valence-corrected chi connectivity index (χ4v) is 4.52. The van der Waals surface area contributed by atoms with Gasteiger partial charge in [0.15, 0.2) is 5.79 Å². The Morgan fingerprint density at radius 1 is 0.950 bits per heavy atom. The molecule has 2 aliphatic rings. The highest BCUT2D eigenvalue weighted by molar-refractivity contribution is 5.38. The zero-order valence-electron chi connectivity index (χ0n) is 12.4. The Morgan fingerprint density at radius 2 is 1.40 bits per heavy atom. The van der Waals surface area contributed by atoms with Gasteiger partial charge in [0, 0.05) is 0 Å². The van der Waals surface area contributed by atoms with Gasteiger partial charge in [-0.15, -0.1) is 0 Å². The summed E-state index contributed by atoms with van der Waals surface area (Å²) in [7, 11) is 0. The summed E-state index contributed by atoms with van der Waals surface area (Å²) in [6.45, 7) is 8.82. The minimum absolute atomic E-state index is 0.310. The fourth-order valence-electron chi connectivity index (χ4n) is 4.52. The largest absolute Gasteiger partial charge is 0.384 e. The molecule has 1 aromatic carbocycles. The second-order valence-electron chi connectivity index (χ2n) is 6.78. The van der Waals surface area contributed by atoms with Gasteiger partial charge in [-0.2, -0.15) is 0 Å². The minimum Gasteiger partial charge on any atom is -0.384 e. The van der Waals surface area contributed by atoms with Crippen molar-refractivity contribution < 1.29 is 19.0 Å². The molecule has 2 fully saturated rings. The molecular formula is C16H21FO3. The first-order chi connectivity index (χ1) is 9.21. The van der Waals surface area contributed by atoms with Gasteiger partial charge < -0.3 is 14.6 Å². The summed E-state index contributed by atoms with van der Waals surface area (Å²) in [5.74, 6) is -1.11. The summed E-state index contributed by atoms with van der Waals surface area (Å²) in [6, 6.07) is 6.03. The second kappa shape index (κ2) is 3.81. The molecule has 0 bridgehead atoms. The van der Waals surface area contributed by atoms with E-state index in [4.69, 9.17) is 9.47 Å². The van der Waals surface area contributed by atoms with Crippen LogP contribution in [0.25, 0.3) is 0 Å². The molecule has 0 aromatic heterocycles. The van der Waals surface area contributed by atoms with E-state index in [0.29, 0.717) is 18.8 Å². The maximum absolute atomic E-state index is 13.1. The highest BCUT2D eigenvalue weighted by Crippen LogP contribution is 2.75. The van der Waals surface area contributed by atoms with Crippen LogP contribution in [0.15, 0.2) is 24.3 Å². The monoisotopic (exact) mass is 280 g/mol. The molecule has 1 aliphatic heterocycles. The zero-order valence-corrected chi connectivity index (χ0v) is 12.4. The molecule has 0 radical (unpaired) electrons. The molecule has 110 valence electrons. The van der Waals surface area contributed by atoms with Crippen molar-refractivity contribution >= 4 is 0 Å². The normalized spacial score (nSPS) is 28.3. The van der Waals surface area contributed by atoms with Gasteiger partial charge >= 0.3 is 0 Å². The van der Waals surface area contributed by atoms with Crippen molar-refractivity contribution in [2.24, 2.45) is 10.8 Å². The lowest BCUT2D eigenvalue weighted by Crippen LogP contribution is -2.82. The number of hydrogen-bond donors (Lipinski definition) is 1. The van der Waals surface area contributed by atoms with Gasteiger partial charge in [0.2, 0.25) is 0 Å². The second-order valence-corrected chi connectivity index (χ2v) is 6.78. The molecule has 1 aliphatic carbocycles. The van der Waals surface area contributed by atoms with Crippen molar-refractivity contribution in [2.45, 2.75) is 39.1 Å². The lowest BCUT2D eigenvalue weighted by molar-refractivity contribution is -0.457. The average molecular weight is 280 g/mol. The molecule has 1 spiro atoms. The first-order valence-corrected chi connectivity index (χ1v) is 6.97. The number of aliphatic hydroxyl groups is 1. The van der Waals surface area contributed by atoms with Crippen LogP contribution in [-0.2, 0) is 15.1 Å². The Morgan fingerprint density at radius 3 is 1.85 bits per heavy atom. The van der Waals surface area contributed by atoms with E-state index in [1.807, 2.05) is 27.7 Å². The summed E-state index contributed by atoms with van der Waals surface area (Å²) < 4.78 is 24.9. The molecule has 0 unspecified atom stereocenters.